The number of primary amides is 1. The van der Waals surface area contributed by atoms with Crippen LogP contribution in [-0.4, -0.2) is 54.2 Å². The molecule has 0 unspecified atom stereocenters. The molecule has 172 valence electrons. The highest BCUT2D eigenvalue weighted by Gasteiger charge is 2.29. The van der Waals surface area contributed by atoms with Crippen LogP contribution in [0.2, 0.25) is 5.02 Å². The fourth-order valence-corrected chi connectivity index (χ4v) is 2.66. The van der Waals surface area contributed by atoms with Crippen molar-refractivity contribution >= 4 is 35.4 Å². The van der Waals surface area contributed by atoms with Crippen LogP contribution < -0.4 is 27.2 Å². The number of halogens is 1. The molecule has 0 fully saturated rings. The molecule has 0 heterocycles. The van der Waals surface area contributed by atoms with Gasteiger partial charge in [0.25, 0.3) is 5.91 Å². The van der Waals surface area contributed by atoms with Crippen LogP contribution >= 0.6 is 11.6 Å². The van der Waals surface area contributed by atoms with E-state index in [0.717, 1.165) is 0 Å². The highest BCUT2D eigenvalue weighted by molar-refractivity contribution is 6.30. The van der Waals surface area contributed by atoms with Crippen LogP contribution in [0, 0.1) is 0 Å². The largest absolute Gasteiger partial charge is 0.396 e. The molecule has 2 atom stereocenters. The number of hydrogen-bond donors (Lipinski definition) is 6. The summed E-state index contributed by atoms with van der Waals surface area (Å²) in [6.07, 6.45) is 1.37. The lowest BCUT2D eigenvalue weighted by atomic mass is 10.1. The van der Waals surface area contributed by atoms with Gasteiger partial charge in [-0.1, -0.05) is 11.6 Å². The molecule has 0 radical (unpaired) electrons. The van der Waals surface area contributed by atoms with E-state index in [1.165, 1.54) is 11.7 Å². The van der Waals surface area contributed by atoms with Gasteiger partial charge < -0.3 is 20.9 Å². The second kappa shape index (κ2) is 13.1. The third-order valence-corrected chi connectivity index (χ3v) is 4.30. The number of ether oxygens (including phenoxy) is 1. The number of aliphatic hydroxyl groups excluding tert-OH is 1. The fraction of sp³-hybridized carbons (Fsp3) is 0.526. The molecule has 1 aromatic rings. The minimum Gasteiger partial charge on any atom is -0.396 e. The highest BCUT2D eigenvalue weighted by atomic mass is 35.5. The van der Waals surface area contributed by atoms with Crippen molar-refractivity contribution < 1.29 is 29.7 Å². The van der Waals surface area contributed by atoms with Crippen LogP contribution in [0.25, 0.3) is 0 Å². The number of rotatable bonds is 11. The van der Waals surface area contributed by atoms with Crippen LogP contribution in [0.15, 0.2) is 28.5 Å². The van der Waals surface area contributed by atoms with Crippen molar-refractivity contribution in [3.8, 4) is 0 Å². The van der Waals surface area contributed by atoms with E-state index in [1.807, 2.05) is 20.8 Å². The Labute approximate surface area is 186 Å². The molecular weight excluding hydrogens is 426 g/mol. The van der Waals surface area contributed by atoms with Gasteiger partial charge in [0.05, 0.1) is 17.3 Å². The van der Waals surface area contributed by atoms with Gasteiger partial charge in [-0.05, 0) is 39.0 Å². The summed E-state index contributed by atoms with van der Waals surface area (Å²) in [6, 6.07) is 3.31. The molecule has 0 aromatic heterocycles. The Bertz CT molecular complexity index is 796. The van der Waals surface area contributed by atoms with E-state index in [4.69, 9.17) is 27.9 Å². The van der Waals surface area contributed by atoms with E-state index in [-0.39, 0.29) is 26.2 Å². The Kier molecular flexibility index (Phi) is 11.2. The van der Waals surface area contributed by atoms with Gasteiger partial charge in [-0.3, -0.25) is 16.0 Å². The predicted molar refractivity (Wildman–Crippen MR) is 115 cm³/mol. The highest BCUT2D eigenvalue weighted by Crippen LogP contribution is 2.16. The summed E-state index contributed by atoms with van der Waals surface area (Å²) >= 11 is 6.05. The molecule has 2 amide bonds. The van der Waals surface area contributed by atoms with Gasteiger partial charge in [0, 0.05) is 35.4 Å². The van der Waals surface area contributed by atoms with Crippen molar-refractivity contribution in [1.82, 2.24) is 5.32 Å². The smallest absolute Gasteiger partial charge is 0.330 e. The van der Waals surface area contributed by atoms with E-state index in [0.29, 0.717) is 16.3 Å². The van der Waals surface area contributed by atoms with E-state index < -0.39 is 29.5 Å². The summed E-state index contributed by atoms with van der Waals surface area (Å²) in [5.41, 5.74) is 6.75. The molecule has 0 saturated carbocycles. The second-order valence-electron chi connectivity index (χ2n) is 7.74. The van der Waals surface area contributed by atoms with Gasteiger partial charge in [-0.2, -0.15) is 0 Å². The van der Waals surface area contributed by atoms with E-state index >= 15 is 0 Å². The first-order valence-electron chi connectivity index (χ1n) is 9.71. The summed E-state index contributed by atoms with van der Waals surface area (Å²) in [4.78, 5) is 27.9. The average molecular weight is 458 g/mol. The van der Waals surface area contributed by atoms with Crippen molar-refractivity contribution in [2.45, 2.75) is 51.4 Å². The van der Waals surface area contributed by atoms with Gasteiger partial charge >= 0.3 is 12.2 Å². The predicted octanol–water partition coefficient (Wildman–Crippen LogP) is -1.99. The standard InChI is InChI=1S/C19H30ClN7O4/c1-19(2,3)31-10-14(21)17(29)26-16(6-7-28)18(30)23-9-12-8-13(20)4-5-15(12)24-11-25-27-22/h4-5,8,11,14,16,28H,6-7,9-10,21H2,1-3H3,(H,23,30)(H,26,29)(H2,22,24,25)/p+2/t14-,16+/m1/s1. The van der Waals surface area contributed by atoms with Crippen molar-refractivity contribution in [3.63, 3.8) is 0 Å². The maximum Gasteiger partial charge on any atom is 0.330 e. The summed E-state index contributed by atoms with van der Waals surface area (Å²) in [7, 11) is 0. The van der Waals surface area contributed by atoms with Crippen LogP contribution in [0.4, 0.5) is 5.69 Å². The number of nitrogens with zero attached hydrogens (tertiary/aromatic N) is 2. The summed E-state index contributed by atoms with van der Waals surface area (Å²) < 4.78 is 5.52. The van der Waals surface area contributed by atoms with Crippen molar-refractivity contribution in [2.75, 3.05) is 13.2 Å². The molecule has 0 saturated heterocycles. The van der Waals surface area contributed by atoms with Crippen LogP contribution in [0.3, 0.4) is 0 Å². The zero-order valence-electron chi connectivity index (χ0n) is 18.0. The maximum atomic E-state index is 12.6. The number of hydrogen-bond acceptors (Lipinski definition) is 6. The monoisotopic (exact) mass is 457 g/mol. The van der Waals surface area contributed by atoms with E-state index in [9.17, 15) is 14.7 Å². The van der Waals surface area contributed by atoms with Gasteiger partial charge in [-0.25, -0.2) is 9.79 Å². The number of carbonyl (C=O) groups excluding carboxylic acids is 2. The number of carbonyl (C=O) groups is 2. The van der Waals surface area contributed by atoms with Gasteiger partial charge in [0.2, 0.25) is 0 Å². The quantitative estimate of drug-likeness (QED) is 0.0734. The number of amides is 2. The zero-order valence-corrected chi connectivity index (χ0v) is 18.7. The molecule has 31 heavy (non-hydrogen) atoms. The molecule has 11 nitrogen and oxygen atoms in total. The van der Waals surface area contributed by atoms with Crippen LogP contribution in [0.1, 0.15) is 32.8 Å². The Morgan fingerprint density at radius 2 is 2.13 bits per heavy atom. The zero-order chi connectivity index (χ0) is 23.4. The van der Waals surface area contributed by atoms with Gasteiger partial charge in [-0.15, -0.1) is 0 Å². The average Bonchev–Trinajstić information content (AvgIpc) is 2.70. The minimum atomic E-state index is -0.899. The Morgan fingerprint density at radius 3 is 2.74 bits per heavy atom. The molecule has 1 aromatic carbocycles. The first kappa shape index (κ1) is 26.6. The fourth-order valence-electron chi connectivity index (χ4n) is 2.47. The molecule has 0 spiro atoms. The maximum absolute atomic E-state index is 12.6. The second-order valence-corrected chi connectivity index (χ2v) is 8.18. The summed E-state index contributed by atoms with van der Waals surface area (Å²) in [6.45, 7) is 5.44. The SMILES string of the molecule is CC(C)(C)OC[C@@H](N)C(=O)[NH2+][C@@H](CCO)C(=O)NCc1cc(Cl)ccc1[NH+]=CN=NN. The third-order valence-electron chi connectivity index (χ3n) is 4.07. The number of nitrogens with one attached hydrogen (secondary N) is 2. The number of aliphatic hydroxyl groups is 1. The molecule has 0 bridgehead atoms. The molecule has 0 aliphatic rings. The molecule has 1 rings (SSSR count). The summed E-state index contributed by atoms with van der Waals surface area (Å²) in [5.74, 6) is 4.10. The van der Waals surface area contributed by atoms with Crippen LogP contribution in [-0.2, 0) is 20.9 Å². The Balaban J connectivity index is 2.78. The number of quaternary nitrogens is 1. The first-order chi connectivity index (χ1) is 14.6. The van der Waals surface area contributed by atoms with Gasteiger partial charge in [0.1, 0.15) is 11.7 Å². The third kappa shape index (κ3) is 10.4. The van der Waals surface area contributed by atoms with Crippen molar-refractivity contribution in [3.05, 3.63) is 28.8 Å². The molecule has 12 heteroatoms. The summed E-state index contributed by atoms with van der Waals surface area (Å²) in [5, 5.41) is 20.4. The lowest BCUT2D eigenvalue weighted by molar-refractivity contribution is -0.594. The first-order valence-corrected chi connectivity index (χ1v) is 10.1. The topological polar surface area (TPSA) is 183 Å². The van der Waals surface area contributed by atoms with Crippen LogP contribution in [0.5, 0.6) is 0 Å². The van der Waals surface area contributed by atoms with E-state index in [1.54, 1.807) is 18.2 Å². The minimum absolute atomic E-state index is 0.0283. The van der Waals surface area contributed by atoms with Crippen molar-refractivity contribution in [1.29, 1.82) is 0 Å². The number of benzene rings is 1. The van der Waals surface area contributed by atoms with Crippen molar-refractivity contribution in [2.24, 2.45) is 21.9 Å². The molecular formula is C19H32ClN7O4+2. The normalized spacial score (nSPS) is 14.1. The molecule has 0 aliphatic carbocycles. The number of nitrogens with two attached hydrogens (primary N) is 3. The Hall–Kier alpha value is -2.44. The van der Waals surface area contributed by atoms with E-state index in [2.05, 4.69) is 20.6 Å². The molecule has 0 aliphatic heterocycles. The lowest BCUT2D eigenvalue weighted by Crippen LogP contribution is -2.98. The van der Waals surface area contributed by atoms with Gasteiger partial charge in [0.15, 0.2) is 6.04 Å². The Morgan fingerprint density at radius 1 is 1.42 bits per heavy atom. The molecule has 9 N–H and O–H groups in total. The lowest BCUT2D eigenvalue weighted by Gasteiger charge is -2.22.